The molecular weight excluding hydrogens is 414 g/mol. The first-order chi connectivity index (χ1) is 14.2. The molecule has 0 rings (SSSR count). The summed E-state index contributed by atoms with van der Waals surface area (Å²) in [5.41, 5.74) is 0. The molecule has 30 heavy (non-hydrogen) atoms. The van der Waals surface area contributed by atoms with E-state index in [2.05, 4.69) is 13.8 Å². The average molecular weight is 468 g/mol. The van der Waals surface area contributed by atoms with Crippen molar-refractivity contribution in [3.8, 4) is 0 Å². The van der Waals surface area contributed by atoms with E-state index < -0.39 is 0 Å². The molecule has 0 aliphatic rings. The number of halogens is 1. The Balaban J connectivity index is 0. The van der Waals surface area contributed by atoms with Gasteiger partial charge >= 0.3 is 0 Å². The van der Waals surface area contributed by atoms with Crippen molar-refractivity contribution >= 4 is 11.8 Å². The van der Waals surface area contributed by atoms with Gasteiger partial charge < -0.3 is 27.1 Å². The van der Waals surface area contributed by atoms with Gasteiger partial charge in [0.25, 0.3) is 0 Å². The van der Waals surface area contributed by atoms with Crippen molar-refractivity contribution in [1.29, 1.82) is 0 Å². The van der Waals surface area contributed by atoms with E-state index in [0.29, 0.717) is 0 Å². The van der Waals surface area contributed by atoms with Gasteiger partial charge in [0.15, 0.2) is 0 Å². The summed E-state index contributed by atoms with van der Waals surface area (Å²) in [5, 5.41) is 19.2. The van der Waals surface area contributed by atoms with E-state index in [9.17, 15) is 10.2 Å². The van der Waals surface area contributed by atoms with Crippen LogP contribution in [-0.2, 0) is 0 Å². The first kappa shape index (κ1) is 32.7. The molecule has 184 valence electrons. The van der Waals surface area contributed by atoms with Gasteiger partial charge in [-0.2, -0.15) is 0 Å². The molecule has 0 saturated heterocycles. The number of nitrogens with zero attached hydrogens (tertiary/aromatic N) is 1. The Morgan fingerprint density at radius 1 is 0.533 bits per heavy atom. The molecule has 0 aromatic rings. The van der Waals surface area contributed by atoms with Gasteiger partial charge in [-0.1, -0.05) is 97.3 Å². The second-order valence-corrected chi connectivity index (χ2v) is 10.0. The Bertz CT molecular complexity index is 316. The van der Waals surface area contributed by atoms with E-state index in [1.807, 2.05) is 11.8 Å². The van der Waals surface area contributed by atoms with Gasteiger partial charge in [-0.05, 0) is 25.0 Å². The summed E-state index contributed by atoms with van der Waals surface area (Å²) in [6.45, 7) is 7.71. The second-order valence-electron chi connectivity index (χ2n) is 8.95. The Kier molecular flexibility index (Phi) is 28.1. The molecular formula is C25H54ClNO2S. The van der Waals surface area contributed by atoms with Crippen molar-refractivity contribution in [1.82, 2.24) is 0 Å². The molecule has 3 nitrogen and oxygen atoms in total. The summed E-state index contributed by atoms with van der Waals surface area (Å²) in [6.07, 6.45) is 21.7. The number of unbranched alkanes of at least 4 members (excludes halogenated alkanes) is 14. The van der Waals surface area contributed by atoms with Crippen molar-refractivity contribution < 1.29 is 27.1 Å². The summed E-state index contributed by atoms with van der Waals surface area (Å²) in [5.74, 6) is 2.27. The maximum Gasteiger partial charge on any atom is 0.125 e. The predicted octanol–water partition coefficient (Wildman–Crippen LogP) is 3.76. The molecule has 0 unspecified atom stereocenters. The molecule has 5 heteroatoms. The number of hydrogen-bond acceptors (Lipinski definition) is 3. The lowest BCUT2D eigenvalue weighted by atomic mass is 10.1. The zero-order valence-electron chi connectivity index (χ0n) is 20.4. The monoisotopic (exact) mass is 467 g/mol. The van der Waals surface area contributed by atoms with Crippen molar-refractivity contribution in [3.63, 3.8) is 0 Å². The highest BCUT2D eigenvalue weighted by Gasteiger charge is 2.25. The Morgan fingerprint density at radius 3 is 1.37 bits per heavy atom. The lowest BCUT2D eigenvalue weighted by Crippen LogP contribution is -3.00. The van der Waals surface area contributed by atoms with Crippen LogP contribution in [0.15, 0.2) is 0 Å². The van der Waals surface area contributed by atoms with E-state index >= 15 is 0 Å². The molecule has 2 N–H and O–H groups in total. The van der Waals surface area contributed by atoms with Crippen LogP contribution < -0.4 is 12.4 Å². The number of aliphatic hydroxyl groups excluding tert-OH is 2. The van der Waals surface area contributed by atoms with Crippen molar-refractivity contribution in [2.45, 2.75) is 117 Å². The molecule has 0 aliphatic carbocycles. The molecule has 0 fully saturated rings. The molecule has 0 amide bonds. The molecule has 0 spiro atoms. The summed E-state index contributed by atoms with van der Waals surface area (Å²) in [7, 11) is 0. The molecule has 0 radical (unpaired) electrons. The average Bonchev–Trinajstić information content (AvgIpc) is 2.72. The fourth-order valence-corrected chi connectivity index (χ4v) is 5.44. The third-order valence-electron chi connectivity index (χ3n) is 6.14. The largest absolute Gasteiger partial charge is 1.00 e. The van der Waals surface area contributed by atoms with Crippen LogP contribution in [0.3, 0.4) is 0 Å². The molecule has 0 aliphatic heterocycles. The van der Waals surface area contributed by atoms with E-state index in [4.69, 9.17) is 0 Å². The number of hydrogen-bond donors (Lipinski definition) is 2. The van der Waals surface area contributed by atoms with Gasteiger partial charge in [-0.3, -0.25) is 0 Å². The number of aliphatic hydroxyl groups is 2. The SMILES string of the molecule is CCCCCCCCCCCC[N+](CCO)(CCO)CSCCCCCCCC.[Cl-]. The fourth-order valence-electron chi connectivity index (χ4n) is 4.13. The van der Waals surface area contributed by atoms with Gasteiger partial charge in [0.05, 0.1) is 19.8 Å². The standard InChI is InChI=1S/C25H54NO2S.ClH/c1-3-5-7-9-11-12-13-14-15-17-19-26(20-22-27,21-23-28)25-29-24-18-16-10-8-6-4-2;/h27-28H,3-25H2,1-2H3;1H/q+1;/p-1. The molecule has 0 atom stereocenters. The number of rotatable bonds is 24. The Hall–Kier alpha value is 0.520. The maximum absolute atomic E-state index is 9.61. The van der Waals surface area contributed by atoms with Crippen LogP contribution in [0.2, 0.25) is 0 Å². The zero-order chi connectivity index (χ0) is 21.5. The van der Waals surface area contributed by atoms with Crippen LogP contribution in [0, 0.1) is 0 Å². The highest BCUT2D eigenvalue weighted by Crippen LogP contribution is 2.19. The van der Waals surface area contributed by atoms with Crippen LogP contribution in [0.25, 0.3) is 0 Å². The molecule has 0 heterocycles. The number of thioether (sulfide) groups is 1. The zero-order valence-corrected chi connectivity index (χ0v) is 22.0. The normalized spacial score (nSPS) is 11.6. The van der Waals surface area contributed by atoms with Crippen LogP contribution in [0.5, 0.6) is 0 Å². The van der Waals surface area contributed by atoms with Crippen molar-refractivity contribution in [2.75, 3.05) is 44.5 Å². The van der Waals surface area contributed by atoms with Gasteiger partial charge in [0.1, 0.15) is 19.0 Å². The van der Waals surface area contributed by atoms with E-state index in [1.54, 1.807) is 0 Å². The van der Waals surface area contributed by atoms with Crippen LogP contribution in [-0.4, -0.2) is 59.2 Å². The highest BCUT2D eigenvalue weighted by molar-refractivity contribution is 7.99. The minimum Gasteiger partial charge on any atom is -1.00 e. The Morgan fingerprint density at radius 2 is 0.933 bits per heavy atom. The first-order valence-electron chi connectivity index (χ1n) is 12.9. The minimum absolute atomic E-state index is 0. The molecule has 0 bridgehead atoms. The molecule has 0 saturated carbocycles. The smallest absolute Gasteiger partial charge is 0.125 e. The summed E-state index contributed by atoms with van der Waals surface area (Å²) < 4.78 is 0.893. The van der Waals surface area contributed by atoms with E-state index in [1.165, 1.54) is 108 Å². The summed E-state index contributed by atoms with van der Waals surface area (Å²) in [6, 6.07) is 0. The first-order valence-corrected chi connectivity index (χ1v) is 14.0. The summed E-state index contributed by atoms with van der Waals surface area (Å²) >= 11 is 2.04. The van der Waals surface area contributed by atoms with Crippen LogP contribution in [0.1, 0.15) is 117 Å². The molecule has 0 aromatic carbocycles. The lowest BCUT2D eigenvalue weighted by Gasteiger charge is -2.37. The Labute approximate surface area is 199 Å². The highest BCUT2D eigenvalue weighted by atomic mass is 35.5. The predicted molar refractivity (Wildman–Crippen MR) is 132 cm³/mol. The summed E-state index contributed by atoms with van der Waals surface area (Å²) in [4.78, 5) is 0. The third-order valence-corrected chi connectivity index (χ3v) is 7.45. The second kappa shape index (κ2) is 25.8. The minimum atomic E-state index is 0. The van der Waals surface area contributed by atoms with Crippen molar-refractivity contribution in [2.24, 2.45) is 0 Å². The van der Waals surface area contributed by atoms with Gasteiger partial charge in [-0.15, -0.1) is 11.8 Å². The lowest BCUT2D eigenvalue weighted by molar-refractivity contribution is -0.917. The van der Waals surface area contributed by atoms with Gasteiger partial charge in [0, 0.05) is 0 Å². The fraction of sp³-hybridized carbons (Fsp3) is 1.00. The quantitative estimate of drug-likeness (QED) is 0.129. The van der Waals surface area contributed by atoms with Crippen LogP contribution in [0.4, 0.5) is 0 Å². The third kappa shape index (κ3) is 20.4. The van der Waals surface area contributed by atoms with Gasteiger partial charge in [-0.25, -0.2) is 0 Å². The van der Waals surface area contributed by atoms with Crippen LogP contribution >= 0.6 is 11.8 Å². The molecule has 0 aromatic heterocycles. The van der Waals surface area contributed by atoms with E-state index in [-0.39, 0.29) is 25.6 Å². The van der Waals surface area contributed by atoms with Gasteiger partial charge in [0.2, 0.25) is 0 Å². The maximum atomic E-state index is 9.61. The van der Waals surface area contributed by atoms with E-state index in [0.717, 1.165) is 30.0 Å². The van der Waals surface area contributed by atoms with Crippen molar-refractivity contribution in [3.05, 3.63) is 0 Å². The topological polar surface area (TPSA) is 40.5 Å². The number of quaternary nitrogens is 1.